The summed E-state index contributed by atoms with van der Waals surface area (Å²) in [5.41, 5.74) is 0.841. The summed E-state index contributed by atoms with van der Waals surface area (Å²) in [7, 11) is -3.70. The van der Waals surface area contributed by atoms with Crippen molar-refractivity contribution in [2.24, 2.45) is 0 Å². The van der Waals surface area contributed by atoms with Crippen molar-refractivity contribution in [3.8, 4) is 11.1 Å². The van der Waals surface area contributed by atoms with Crippen molar-refractivity contribution in [1.29, 1.82) is 0 Å². The van der Waals surface area contributed by atoms with Crippen molar-refractivity contribution in [3.63, 3.8) is 0 Å². The van der Waals surface area contributed by atoms with E-state index in [9.17, 15) is 22.0 Å². The van der Waals surface area contributed by atoms with Crippen LogP contribution in [0.15, 0.2) is 59.5 Å². The number of sulfonamides is 1. The molecule has 1 aliphatic rings. The topological polar surface area (TPSA) is 68.2 Å². The van der Waals surface area contributed by atoms with Crippen LogP contribution in [0.5, 0.6) is 0 Å². The van der Waals surface area contributed by atoms with Crippen molar-refractivity contribution in [1.82, 2.24) is 9.29 Å². The van der Waals surface area contributed by atoms with E-state index < -0.39 is 52.5 Å². The van der Waals surface area contributed by atoms with Crippen LogP contribution in [0.3, 0.4) is 0 Å². The number of nitrogens with one attached hydrogen (secondary N) is 1. The molecule has 1 N–H and O–H groups in total. The number of nitrogens with zero attached hydrogens (tertiary/aromatic N) is 1. The zero-order valence-corrected chi connectivity index (χ0v) is 18.6. The molecule has 0 fully saturated rings. The third kappa shape index (κ3) is 4.91. The molecule has 0 saturated heterocycles. The number of halogens is 2. The maximum atomic E-state index is 14.5. The Kier molecular flexibility index (Phi) is 4.90. The van der Waals surface area contributed by atoms with Crippen LogP contribution in [0.2, 0.25) is 0 Å². The second kappa shape index (κ2) is 9.19. The Bertz CT molecular complexity index is 1540. The lowest BCUT2D eigenvalue weighted by atomic mass is 9.77. The molecule has 5 nitrogen and oxygen atoms in total. The van der Waals surface area contributed by atoms with Crippen LogP contribution in [0.25, 0.3) is 11.1 Å². The molecule has 8 heteroatoms. The monoisotopic (exact) mass is 477 g/mol. The van der Waals surface area contributed by atoms with Crippen LogP contribution in [-0.2, 0) is 29.4 Å². The third-order valence-corrected chi connectivity index (χ3v) is 6.66. The largest absolute Gasteiger partial charge is 0.316 e. The Morgan fingerprint density at radius 1 is 1.21 bits per heavy atom. The minimum absolute atomic E-state index is 0.0370. The Hall–Kier alpha value is -2.84. The van der Waals surface area contributed by atoms with Gasteiger partial charge in [0.25, 0.3) is 5.56 Å². The number of benzene rings is 2. The molecule has 3 aromatic rings. The summed E-state index contributed by atoms with van der Waals surface area (Å²) in [4.78, 5) is 13.6. The molecule has 0 radical (unpaired) electrons. The zero-order valence-electron chi connectivity index (χ0n) is 22.8. The predicted molar refractivity (Wildman–Crippen MR) is 125 cm³/mol. The summed E-state index contributed by atoms with van der Waals surface area (Å²) in [6.45, 7) is -6.14. The first-order valence-corrected chi connectivity index (χ1v) is 12.2. The van der Waals surface area contributed by atoms with E-state index in [-0.39, 0.29) is 17.5 Å². The van der Waals surface area contributed by atoms with Crippen LogP contribution in [0, 0.1) is 11.6 Å². The summed E-state index contributed by atoms with van der Waals surface area (Å²) < 4.78 is 94.6. The Labute approximate surface area is 199 Å². The smallest absolute Gasteiger partial charge is 0.254 e. The molecule has 1 aliphatic carbocycles. The fourth-order valence-electron chi connectivity index (χ4n) is 4.51. The normalized spacial score (nSPS) is 21.2. The quantitative estimate of drug-likeness (QED) is 0.584. The van der Waals surface area contributed by atoms with Gasteiger partial charge in [0.2, 0.25) is 10.0 Å². The molecule has 1 heterocycles. The molecule has 2 aromatic carbocycles. The van der Waals surface area contributed by atoms with Crippen LogP contribution in [-0.4, -0.2) is 25.3 Å². The maximum Gasteiger partial charge on any atom is 0.254 e. The average molecular weight is 478 g/mol. The lowest BCUT2D eigenvalue weighted by Crippen LogP contribution is -2.45. The van der Waals surface area contributed by atoms with Crippen LogP contribution in [0.4, 0.5) is 8.78 Å². The molecule has 0 amide bonds. The molecule has 4 rings (SSSR count). The van der Waals surface area contributed by atoms with Gasteiger partial charge in [-0.15, -0.1) is 0 Å². The van der Waals surface area contributed by atoms with Gasteiger partial charge in [-0.3, -0.25) is 4.79 Å². The third-order valence-electron chi connectivity index (χ3n) is 5.93. The Morgan fingerprint density at radius 3 is 2.76 bits per heavy atom. The van der Waals surface area contributed by atoms with Gasteiger partial charge in [-0.25, -0.2) is 21.9 Å². The Balaban J connectivity index is 1.84. The first-order valence-electron chi connectivity index (χ1n) is 12.9. The summed E-state index contributed by atoms with van der Waals surface area (Å²) in [5, 5.41) is 0. The lowest BCUT2D eigenvalue weighted by Gasteiger charge is -2.33. The summed E-state index contributed by atoms with van der Waals surface area (Å²) in [5.74, 6) is -2.80. The predicted octanol–water partition coefficient (Wildman–Crippen LogP) is 4.00. The maximum absolute atomic E-state index is 14.5. The van der Waals surface area contributed by atoms with Crippen LogP contribution in [0.1, 0.15) is 42.7 Å². The van der Waals surface area contributed by atoms with E-state index in [1.54, 1.807) is 24.3 Å². The van der Waals surface area contributed by atoms with E-state index in [0.29, 0.717) is 34.1 Å². The molecular weight excluding hydrogens is 446 g/mol. The van der Waals surface area contributed by atoms with E-state index in [1.165, 1.54) is 18.2 Å². The fraction of sp³-hybridized carbons (Fsp3) is 0.320. The first-order chi connectivity index (χ1) is 17.6. The highest BCUT2D eigenvalue weighted by molar-refractivity contribution is 7.88. The molecule has 2 atom stereocenters. The standard InChI is InChI=1S/C25H26F2N2O3S/c1-3-29-13-12-17-10-11-22(28-33(2,31)32)20(23(17)25(29)30)15-16-6-4-7-18(14-16)19-8-5-9-21(26)24(19)27/h4-9,12-14,20,22,28H,3,10-11,15H2,1-2H3/i1D3,3D2. The molecular formula is C25H26F2N2O3S. The Morgan fingerprint density at radius 2 is 2.00 bits per heavy atom. The van der Waals surface area contributed by atoms with Crippen molar-refractivity contribution in [2.75, 3.05) is 6.26 Å². The molecule has 0 bridgehead atoms. The first kappa shape index (κ1) is 17.6. The second-order valence-electron chi connectivity index (χ2n) is 8.19. The molecule has 0 spiro atoms. The van der Waals surface area contributed by atoms with E-state index in [2.05, 4.69) is 4.72 Å². The number of hydrogen-bond donors (Lipinski definition) is 1. The van der Waals surface area contributed by atoms with E-state index >= 15 is 0 Å². The van der Waals surface area contributed by atoms with E-state index in [4.69, 9.17) is 6.85 Å². The number of hydrogen-bond acceptors (Lipinski definition) is 3. The highest BCUT2D eigenvalue weighted by Crippen LogP contribution is 2.34. The number of aromatic nitrogens is 1. The van der Waals surface area contributed by atoms with Crippen molar-refractivity contribution in [2.45, 2.75) is 44.6 Å². The van der Waals surface area contributed by atoms with Gasteiger partial charge in [-0.2, -0.15) is 0 Å². The second-order valence-corrected chi connectivity index (χ2v) is 9.97. The van der Waals surface area contributed by atoms with Gasteiger partial charge in [0.1, 0.15) is 0 Å². The van der Waals surface area contributed by atoms with Gasteiger partial charge in [0.05, 0.1) is 6.26 Å². The number of pyridine rings is 1. The van der Waals surface area contributed by atoms with Crippen molar-refractivity contribution in [3.05, 3.63) is 93.4 Å². The van der Waals surface area contributed by atoms with Gasteiger partial charge in [-0.05, 0) is 54.9 Å². The van der Waals surface area contributed by atoms with Crippen LogP contribution >= 0.6 is 0 Å². The van der Waals surface area contributed by atoms with Gasteiger partial charge < -0.3 is 4.57 Å². The van der Waals surface area contributed by atoms with Gasteiger partial charge >= 0.3 is 0 Å². The molecule has 1 aromatic heterocycles. The van der Waals surface area contributed by atoms with E-state index in [0.717, 1.165) is 18.5 Å². The number of aryl methyl sites for hydroxylation is 2. The lowest BCUT2D eigenvalue weighted by molar-refractivity contribution is 0.424. The van der Waals surface area contributed by atoms with Gasteiger partial charge in [0, 0.05) is 42.6 Å². The zero-order chi connectivity index (χ0) is 28.0. The molecule has 0 saturated carbocycles. The minimum atomic E-state index is -3.70. The summed E-state index contributed by atoms with van der Waals surface area (Å²) in [6.07, 6.45) is 2.87. The fourth-order valence-corrected chi connectivity index (χ4v) is 5.34. The summed E-state index contributed by atoms with van der Waals surface area (Å²) >= 11 is 0. The van der Waals surface area contributed by atoms with Crippen molar-refractivity contribution < 1.29 is 24.1 Å². The molecule has 0 aliphatic heterocycles. The molecule has 174 valence electrons. The van der Waals surface area contributed by atoms with Gasteiger partial charge in [0.15, 0.2) is 11.6 Å². The summed E-state index contributed by atoms with van der Waals surface area (Å²) in [6, 6.07) is 11.1. The average Bonchev–Trinajstić information content (AvgIpc) is 2.81. The molecule has 2 unspecified atom stereocenters. The SMILES string of the molecule is [2H]C([2H])([2H])C([2H])([2H])n1ccc2c(c1=O)C(Cc1cccc(-c3cccc(F)c3F)c1)C(NS(C)(=O)=O)CC2. The minimum Gasteiger partial charge on any atom is -0.316 e. The highest BCUT2D eigenvalue weighted by Gasteiger charge is 2.34. The molecule has 33 heavy (non-hydrogen) atoms. The highest BCUT2D eigenvalue weighted by atomic mass is 32.2. The van der Waals surface area contributed by atoms with E-state index in [1.807, 2.05) is 0 Å². The van der Waals surface area contributed by atoms with Gasteiger partial charge in [-0.1, -0.05) is 36.4 Å². The van der Waals surface area contributed by atoms with Crippen molar-refractivity contribution >= 4 is 10.0 Å². The number of rotatable bonds is 6. The van der Waals surface area contributed by atoms with Crippen LogP contribution < -0.4 is 10.3 Å². The number of fused-ring (bicyclic) bond motifs is 1.